The van der Waals surface area contributed by atoms with E-state index >= 15 is 0 Å². The molecule has 4 heterocycles. The normalized spacial score (nSPS) is 15.4. The van der Waals surface area contributed by atoms with Gasteiger partial charge in [-0.15, -0.1) is 11.8 Å². The van der Waals surface area contributed by atoms with Gasteiger partial charge in [0.1, 0.15) is 5.76 Å². The zero-order valence-electron chi connectivity index (χ0n) is 22.9. The molecule has 0 saturated carbocycles. The van der Waals surface area contributed by atoms with Gasteiger partial charge in [0.2, 0.25) is 0 Å². The smallest absolute Gasteiger partial charge is 0.338 e. The van der Waals surface area contributed by atoms with Gasteiger partial charge in [0.25, 0.3) is 5.56 Å². The molecule has 11 heteroatoms. The number of hydrogen-bond acceptors (Lipinski definition) is 10. The number of carbonyl (C=O) groups is 1. The van der Waals surface area contributed by atoms with Crippen LogP contribution in [0.25, 0.3) is 6.08 Å². The molecule has 0 fully saturated rings. The lowest BCUT2D eigenvalue weighted by atomic mass is 9.96. The molecule has 0 spiro atoms. The highest BCUT2D eigenvalue weighted by Gasteiger charge is 2.33. The predicted octanol–water partition coefficient (Wildman–Crippen LogP) is 5.06. The number of hydrogen-bond donors (Lipinski definition) is 0. The Morgan fingerprint density at radius 1 is 1.10 bits per heavy atom. The van der Waals surface area contributed by atoms with Gasteiger partial charge in [-0.2, -0.15) is 0 Å². The van der Waals surface area contributed by atoms with Crippen LogP contribution in [0.4, 0.5) is 0 Å². The molecule has 8 nitrogen and oxygen atoms in total. The summed E-state index contributed by atoms with van der Waals surface area (Å²) in [6, 6.07) is 12.7. The molecule has 0 aliphatic carbocycles. The summed E-state index contributed by atoms with van der Waals surface area (Å²) >= 11 is 4.20. The first-order chi connectivity index (χ1) is 19.1. The highest BCUT2D eigenvalue weighted by Crippen LogP contribution is 2.32. The van der Waals surface area contributed by atoms with Crippen LogP contribution in [0.1, 0.15) is 49.5 Å². The molecule has 0 amide bonds. The molecule has 0 saturated heterocycles. The number of esters is 1. The number of allylic oxidation sites excluding steroid dienone is 1. The fourth-order valence-corrected chi connectivity index (χ4v) is 6.66. The monoisotopic (exact) mass is 592 g/mol. The Kier molecular flexibility index (Phi) is 8.16. The number of fused-ring (bicyclic) bond motifs is 1. The van der Waals surface area contributed by atoms with E-state index in [1.54, 1.807) is 49.2 Å². The molecule has 0 N–H and O–H groups in total. The summed E-state index contributed by atoms with van der Waals surface area (Å²) in [5.41, 5.74) is 3.20. The number of nitrogens with zero attached hydrogens (tertiary/aromatic N) is 4. The number of thioether (sulfide) groups is 1. The van der Waals surface area contributed by atoms with Gasteiger partial charge in [-0.05, 0) is 88.5 Å². The van der Waals surface area contributed by atoms with Crippen molar-refractivity contribution in [1.29, 1.82) is 0 Å². The van der Waals surface area contributed by atoms with Crippen LogP contribution >= 0.6 is 34.9 Å². The molecule has 206 valence electrons. The molecule has 1 aliphatic rings. The molecule has 0 bridgehead atoms. The van der Waals surface area contributed by atoms with E-state index in [0.717, 1.165) is 21.8 Å². The Labute approximate surface area is 243 Å². The average Bonchev–Trinajstić information content (AvgIpc) is 3.45. The summed E-state index contributed by atoms with van der Waals surface area (Å²) in [5.74, 6) is 0.0407. The third kappa shape index (κ3) is 5.86. The third-order valence-electron chi connectivity index (χ3n) is 6.05. The molecule has 0 unspecified atom stereocenters. The number of aromatic nitrogens is 3. The van der Waals surface area contributed by atoms with Crippen LogP contribution in [-0.4, -0.2) is 32.9 Å². The van der Waals surface area contributed by atoms with Crippen molar-refractivity contribution in [3.8, 4) is 0 Å². The second-order valence-corrected chi connectivity index (χ2v) is 12.4. The van der Waals surface area contributed by atoms with Crippen molar-refractivity contribution in [2.24, 2.45) is 4.99 Å². The predicted molar refractivity (Wildman–Crippen MR) is 158 cm³/mol. The molecular weight excluding hydrogens is 565 g/mol. The lowest BCUT2D eigenvalue weighted by molar-refractivity contribution is -0.143. The molecule has 3 aromatic heterocycles. The summed E-state index contributed by atoms with van der Waals surface area (Å²) in [4.78, 5) is 42.2. The van der Waals surface area contributed by atoms with Gasteiger partial charge >= 0.3 is 5.97 Å². The fourth-order valence-electron chi connectivity index (χ4n) is 4.39. The summed E-state index contributed by atoms with van der Waals surface area (Å²) < 4.78 is 13.6. The van der Waals surface area contributed by atoms with Crippen molar-refractivity contribution in [3.63, 3.8) is 0 Å². The number of carbonyl (C=O) groups excluding carboxylic acids is 1. The highest BCUT2D eigenvalue weighted by molar-refractivity contribution is 7.99. The first-order valence-electron chi connectivity index (χ1n) is 12.6. The third-order valence-corrected chi connectivity index (χ3v) is 8.56. The van der Waals surface area contributed by atoms with Gasteiger partial charge in [-0.25, -0.2) is 19.8 Å². The maximum Gasteiger partial charge on any atom is 0.338 e. The molecule has 5 rings (SSSR count). The molecule has 40 heavy (non-hydrogen) atoms. The van der Waals surface area contributed by atoms with E-state index in [9.17, 15) is 9.59 Å². The van der Waals surface area contributed by atoms with E-state index in [-0.39, 0.29) is 11.7 Å². The van der Waals surface area contributed by atoms with Crippen molar-refractivity contribution in [2.45, 2.75) is 61.9 Å². The molecule has 1 aromatic carbocycles. The van der Waals surface area contributed by atoms with Crippen LogP contribution in [0.3, 0.4) is 0 Å². The zero-order chi connectivity index (χ0) is 28.6. The Hall–Kier alpha value is -3.41. The van der Waals surface area contributed by atoms with Crippen molar-refractivity contribution >= 4 is 46.9 Å². The Morgan fingerprint density at radius 2 is 1.80 bits per heavy atom. The SMILES string of the molecule is CSc1ccc([C@H]2C(C(=O)OC(C)C)=C(C)N=c3s/c(=C\c4ccc(Sc5nc(C)cc(C)n5)o4)c(=O)n32)cc1. The Balaban J connectivity index is 1.56. The van der Waals surface area contributed by atoms with Gasteiger partial charge in [-0.3, -0.25) is 9.36 Å². The molecule has 4 aromatic rings. The van der Waals surface area contributed by atoms with E-state index in [1.807, 2.05) is 56.5 Å². The van der Waals surface area contributed by atoms with E-state index in [2.05, 4.69) is 15.0 Å². The second-order valence-electron chi connectivity index (χ2n) is 9.50. The average molecular weight is 593 g/mol. The maximum absolute atomic E-state index is 13.8. The maximum atomic E-state index is 13.8. The Morgan fingerprint density at radius 3 is 2.45 bits per heavy atom. The van der Waals surface area contributed by atoms with Crippen LogP contribution in [0, 0.1) is 13.8 Å². The largest absolute Gasteiger partial charge is 0.459 e. The topological polar surface area (TPSA) is 99.6 Å². The minimum atomic E-state index is -0.662. The van der Waals surface area contributed by atoms with Crippen LogP contribution in [0.5, 0.6) is 0 Å². The number of thiazole rings is 1. The number of rotatable bonds is 7. The summed E-state index contributed by atoms with van der Waals surface area (Å²) in [7, 11) is 0. The van der Waals surface area contributed by atoms with Crippen molar-refractivity contribution in [1.82, 2.24) is 14.5 Å². The van der Waals surface area contributed by atoms with E-state index in [0.29, 0.717) is 36.6 Å². The molecule has 0 radical (unpaired) electrons. The lowest BCUT2D eigenvalue weighted by Gasteiger charge is -2.25. The van der Waals surface area contributed by atoms with Crippen LogP contribution < -0.4 is 14.9 Å². The second kappa shape index (κ2) is 11.6. The highest BCUT2D eigenvalue weighted by atomic mass is 32.2. The zero-order valence-corrected chi connectivity index (χ0v) is 25.4. The van der Waals surface area contributed by atoms with E-state index < -0.39 is 12.0 Å². The van der Waals surface area contributed by atoms with E-state index in [4.69, 9.17) is 9.15 Å². The first kappa shape index (κ1) is 28.1. The number of furan rings is 1. The van der Waals surface area contributed by atoms with Crippen molar-refractivity contribution < 1.29 is 13.9 Å². The first-order valence-corrected chi connectivity index (χ1v) is 15.5. The summed E-state index contributed by atoms with van der Waals surface area (Å²) in [6.45, 7) is 9.22. The van der Waals surface area contributed by atoms with Crippen molar-refractivity contribution in [3.05, 3.63) is 96.1 Å². The molecule has 1 atom stereocenters. The Bertz CT molecular complexity index is 1780. The van der Waals surface area contributed by atoms with Gasteiger partial charge in [0.05, 0.1) is 27.9 Å². The van der Waals surface area contributed by atoms with Crippen LogP contribution in [-0.2, 0) is 9.53 Å². The van der Waals surface area contributed by atoms with Crippen LogP contribution in [0.2, 0.25) is 0 Å². The molecular formula is C29H28N4O4S3. The fraction of sp³-hybridized carbons (Fsp3) is 0.276. The van der Waals surface area contributed by atoms with Gasteiger partial charge in [0.15, 0.2) is 15.1 Å². The minimum absolute atomic E-state index is 0.256. The number of benzene rings is 1. The molecule has 1 aliphatic heterocycles. The van der Waals surface area contributed by atoms with Crippen molar-refractivity contribution in [2.75, 3.05) is 6.26 Å². The summed E-state index contributed by atoms with van der Waals surface area (Å²) in [5, 5.41) is 1.21. The number of aryl methyl sites for hydroxylation is 2. The van der Waals surface area contributed by atoms with Gasteiger partial charge in [0, 0.05) is 22.4 Å². The lowest BCUT2D eigenvalue weighted by Crippen LogP contribution is -2.40. The number of ether oxygens (including phenoxy) is 1. The summed E-state index contributed by atoms with van der Waals surface area (Å²) in [6.07, 6.45) is 3.40. The quantitative estimate of drug-likeness (QED) is 0.167. The van der Waals surface area contributed by atoms with Gasteiger partial charge < -0.3 is 9.15 Å². The van der Waals surface area contributed by atoms with E-state index in [1.165, 1.54) is 23.1 Å². The minimum Gasteiger partial charge on any atom is -0.459 e. The van der Waals surface area contributed by atoms with Crippen LogP contribution in [0.15, 0.2) is 83.1 Å². The standard InChI is InChI=1S/C29H28N4O4S3/c1-15(2)36-27(35)24-18(5)32-29-33(25(24)19-7-10-21(38-6)11-8-19)26(34)22(39-29)14-20-9-12-23(37-20)40-28-30-16(3)13-17(4)31-28/h7-15,25H,1-6H3/b22-14-/t25-/m0/s1. The van der Waals surface area contributed by atoms with Gasteiger partial charge in [-0.1, -0.05) is 23.5 Å².